The number of amides is 1. The van der Waals surface area contributed by atoms with E-state index in [1.165, 1.54) is 0 Å². The largest absolute Gasteiger partial charge is 0.381 e. The van der Waals surface area contributed by atoms with E-state index in [1.807, 2.05) is 18.7 Å². The van der Waals surface area contributed by atoms with Crippen LogP contribution in [0.15, 0.2) is 6.07 Å². The van der Waals surface area contributed by atoms with Crippen molar-refractivity contribution in [1.82, 2.24) is 9.78 Å². The Hall–Kier alpha value is -1.36. The monoisotopic (exact) mass is 263 g/mol. The minimum Gasteiger partial charge on any atom is -0.381 e. The highest BCUT2D eigenvalue weighted by molar-refractivity contribution is 5.93. The normalized spacial score (nSPS) is 25.3. The maximum absolute atomic E-state index is 12.2. The maximum Gasteiger partial charge on any atom is 0.230 e. The van der Waals surface area contributed by atoms with Crippen LogP contribution in [-0.4, -0.2) is 35.9 Å². The zero-order valence-corrected chi connectivity index (χ0v) is 11.6. The lowest BCUT2D eigenvalue weighted by Crippen LogP contribution is -2.30. The molecule has 2 aliphatic rings. The van der Waals surface area contributed by atoms with Gasteiger partial charge in [-0.05, 0) is 19.3 Å². The summed E-state index contributed by atoms with van der Waals surface area (Å²) in [7, 11) is 1.85. The van der Waals surface area contributed by atoms with Crippen molar-refractivity contribution in [3.05, 3.63) is 11.8 Å². The van der Waals surface area contributed by atoms with E-state index in [9.17, 15) is 4.79 Å². The fourth-order valence-corrected chi connectivity index (χ4v) is 2.94. The molecule has 0 spiro atoms. The highest BCUT2D eigenvalue weighted by atomic mass is 16.5. The predicted molar refractivity (Wildman–Crippen MR) is 72.2 cm³/mol. The number of fused-ring (bicyclic) bond motifs is 1. The highest BCUT2D eigenvalue weighted by Gasteiger charge is 2.28. The highest BCUT2D eigenvalue weighted by Crippen LogP contribution is 2.31. The van der Waals surface area contributed by atoms with Gasteiger partial charge in [0.25, 0.3) is 0 Å². The van der Waals surface area contributed by atoms with Gasteiger partial charge >= 0.3 is 0 Å². The molecule has 1 atom stereocenters. The van der Waals surface area contributed by atoms with E-state index in [0.717, 1.165) is 50.5 Å². The average molecular weight is 263 g/mol. The molecule has 0 aromatic carbocycles. The molecule has 19 heavy (non-hydrogen) atoms. The summed E-state index contributed by atoms with van der Waals surface area (Å²) >= 11 is 0. The van der Waals surface area contributed by atoms with Gasteiger partial charge in [0, 0.05) is 44.7 Å². The number of carbonyl (C=O) groups is 1. The Kier molecular flexibility index (Phi) is 3.31. The number of aryl methyl sites for hydroxylation is 1. The van der Waals surface area contributed by atoms with E-state index in [2.05, 4.69) is 6.07 Å². The van der Waals surface area contributed by atoms with Gasteiger partial charge in [0.05, 0.1) is 5.69 Å². The summed E-state index contributed by atoms with van der Waals surface area (Å²) in [6, 6.07) is 2.09. The Labute approximate surface area is 113 Å². The summed E-state index contributed by atoms with van der Waals surface area (Å²) < 4.78 is 7.39. The number of carbonyl (C=O) groups excluding carboxylic acids is 1. The molecule has 1 aromatic rings. The minimum atomic E-state index is 0.0817. The van der Waals surface area contributed by atoms with E-state index in [4.69, 9.17) is 9.84 Å². The number of aromatic nitrogens is 2. The third-order valence-electron chi connectivity index (χ3n) is 4.29. The van der Waals surface area contributed by atoms with Crippen molar-refractivity contribution in [2.45, 2.75) is 38.6 Å². The molecular formula is C14H21N3O2. The Balaban J connectivity index is 1.88. The zero-order chi connectivity index (χ0) is 13.4. The molecule has 0 saturated carbocycles. The summed E-state index contributed by atoms with van der Waals surface area (Å²) in [5.41, 5.74) is 1.12. The van der Waals surface area contributed by atoms with Gasteiger partial charge in [-0.25, -0.2) is 4.68 Å². The summed E-state index contributed by atoms with van der Waals surface area (Å²) in [4.78, 5) is 13.9. The summed E-state index contributed by atoms with van der Waals surface area (Å²) in [6.45, 7) is 4.46. The molecule has 5 heteroatoms. The van der Waals surface area contributed by atoms with E-state index < -0.39 is 0 Å². The van der Waals surface area contributed by atoms with Crippen molar-refractivity contribution in [2.75, 3.05) is 25.2 Å². The number of hydrogen-bond donors (Lipinski definition) is 0. The van der Waals surface area contributed by atoms with Crippen LogP contribution < -0.4 is 4.90 Å². The van der Waals surface area contributed by atoms with Gasteiger partial charge in [0.2, 0.25) is 5.91 Å². The van der Waals surface area contributed by atoms with Crippen LogP contribution in [-0.2, 0) is 16.1 Å². The Bertz CT molecular complexity index is 477. The molecule has 0 radical (unpaired) electrons. The third kappa shape index (κ3) is 2.27. The van der Waals surface area contributed by atoms with Crippen LogP contribution in [0.25, 0.3) is 0 Å². The summed E-state index contributed by atoms with van der Waals surface area (Å²) in [6.07, 6.45) is 2.93. The van der Waals surface area contributed by atoms with Crippen molar-refractivity contribution in [1.29, 1.82) is 0 Å². The first-order valence-corrected chi connectivity index (χ1v) is 7.10. The first-order valence-electron chi connectivity index (χ1n) is 7.10. The maximum atomic E-state index is 12.2. The molecule has 5 nitrogen and oxygen atoms in total. The van der Waals surface area contributed by atoms with Gasteiger partial charge in [0.15, 0.2) is 0 Å². The topological polar surface area (TPSA) is 47.4 Å². The summed E-state index contributed by atoms with van der Waals surface area (Å²) in [5.74, 6) is 1.69. The Morgan fingerprint density at radius 3 is 2.79 bits per heavy atom. The Morgan fingerprint density at radius 2 is 2.05 bits per heavy atom. The lowest BCUT2D eigenvalue weighted by atomic mass is 9.97. The van der Waals surface area contributed by atoms with Gasteiger partial charge in [-0.2, -0.15) is 5.10 Å². The molecular weight excluding hydrogens is 242 g/mol. The van der Waals surface area contributed by atoms with E-state index in [0.29, 0.717) is 5.92 Å². The number of ether oxygens (including phenoxy) is 1. The third-order valence-corrected chi connectivity index (χ3v) is 4.29. The minimum absolute atomic E-state index is 0.0817. The second-order valence-corrected chi connectivity index (χ2v) is 5.62. The molecule has 0 bridgehead atoms. The number of anilines is 1. The molecule has 1 aromatic heterocycles. The van der Waals surface area contributed by atoms with Gasteiger partial charge in [-0.3, -0.25) is 9.69 Å². The molecule has 2 aliphatic heterocycles. The first-order chi connectivity index (χ1) is 9.16. The summed E-state index contributed by atoms with van der Waals surface area (Å²) in [5, 5.41) is 4.72. The van der Waals surface area contributed by atoms with Crippen LogP contribution in [0.1, 0.15) is 37.8 Å². The molecule has 104 valence electrons. The number of nitrogens with zero attached hydrogens (tertiary/aromatic N) is 3. The first kappa shape index (κ1) is 12.7. The number of hydrogen-bond acceptors (Lipinski definition) is 3. The van der Waals surface area contributed by atoms with Gasteiger partial charge in [0.1, 0.15) is 5.82 Å². The van der Waals surface area contributed by atoms with Crippen LogP contribution >= 0.6 is 0 Å². The Morgan fingerprint density at radius 1 is 1.32 bits per heavy atom. The fourth-order valence-electron chi connectivity index (χ4n) is 2.94. The van der Waals surface area contributed by atoms with Crippen molar-refractivity contribution in [3.63, 3.8) is 0 Å². The SMILES string of the molecule is CC1CCn2nc(C3CCOCC3)cc2N(C)C1=O. The lowest BCUT2D eigenvalue weighted by Gasteiger charge is -2.20. The van der Waals surface area contributed by atoms with Crippen molar-refractivity contribution in [3.8, 4) is 0 Å². The number of rotatable bonds is 1. The van der Waals surface area contributed by atoms with Crippen molar-refractivity contribution < 1.29 is 9.53 Å². The van der Waals surface area contributed by atoms with Gasteiger partial charge in [-0.1, -0.05) is 6.92 Å². The molecule has 1 fully saturated rings. The second-order valence-electron chi connectivity index (χ2n) is 5.62. The van der Waals surface area contributed by atoms with Gasteiger partial charge < -0.3 is 4.74 Å². The van der Waals surface area contributed by atoms with E-state index in [1.54, 1.807) is 4.90 Å². The lowest BCUT2D eigenvalue weighted by molar-refractivity contribution is -0.121. The molecule has 0 N–H and O–H groups in total. The van der Waals surface area contributed by atoms with Crippen LogP contribution in [0, 0.1) is 5.92 Å². The molecule has 1 amide bonds. The van der Waals surface area contributed by atoms with Crippen LogP contribution in [0.5, 0.6) is 0 Å². The smallest absolute Gasteiger partial charge is 0.230 e. The molecule has 0 aliphatic carbocycles. The zero-order valence-electron chi connectivity index (χ0n) is 11.6. The quantitative estimate of drug-likeness (QED) is 0.776. The van der Waals surface area contributed by atoms with Crippen molar-refractivity contribution >= 4 is 11.7 Å². The second kappa shape index (κ2) is 4.96. The fraction of sp³-hybridized carbons (Fsp3) is 0.714. The molecule has 1 saturated heterocycles. The molecule has 1 unspecified atom stereocenters. The van der Waals surface area contributed by atoms with Crippen LogP contribution in [0.3, 0.4) is 0 Å². The van der Waals surface area contributed by atoms with E-state index >= 15 is 0 Å². The molecule has 3 heterocycles. The van der Waals surface area contributed by atoms with Gasteiger partial charge in [-0.15, -0.1) is 0 Å². The van der Waals surface area contributed by atoms with Crippen LogP contribution in [0.2, 0.25) is 0 Å². The predicted octanol–water partition coefficient (Wildman–Crippen LogP) is 1.78. The van der Waals surface area contributed by atoms with Crippen molar-refractivity contribution in [2.24, 2.45) is 5.92 Å². The van der Waals surface area contributed by atoms with E-state index in [-0.39, 0.29) is 11.8 Å². The molecule has 3 rings (SSSR count). The standard InChI is InChI=1S/C14H21N3O2/c1-10-3-6-17-13(16(2)14(10)18)9-12(15-17)11-4-7-19-8-5-11/h9-11H,3-8H2,1-2H3. The van der Waals surface area contributed by atoms with Crippen LogP contribution in [0.4, 0.5) is 5.82 Å². The average Bonchev–Trinajstić information content (AvgIpc) is 2.84.